The molecule has 1 atom stereocenters. The molecule has 2 aromatic rings. The fourth-order valence-corrected chi connectivity index (χ4v) is 2.77. The maximum atomic E-state index is 4.17. The van der Waals surface area contributed by atoms with Crippen LogP contribution in [0.15, 0.2) is 36.2 Å². The largest absolute Gasteiger partial charge is 0.314 e. The van der Waals surface area contributed by atoms with Crippen molar-refractivity contribution in [2.75, 3.05) is 6.54 Å². The molecule has 0 spiro atoms. The first-order valence-corrected chi connectivity index (χ1v) is 7.76. The second kappa shape index (κ2) is 8.02. The second-order valence-corrected chi connectivity index (χ2v) is 5.69. The number of pyridine rings is 1. The van der Waals surface area contributed by atoms with Gasteiger partial charge >= 0.3 is 0 Å². The van der Waals surface area contributed by atoms with E-state index in [9.17, 15) is 0 Å². The van der Waals surface area contributed by atoms with Gasteiger partial charge in [0.25, 0.3) is 0 Å². The van der Waals surface area contributed by atoms with Crippen molar-refractivity contribution in [2.45, 2.75) is 38.6 Å². The molecule has 0 amide bonds. The van der Waals surface area contributed by atoms with Gasteiger partial charge in [0.2, 0.25) is 0 Å². The predicted octanol–water partition coefficient (Wildman–Crippen LogP) is 3.08. The monoisotopic (exact) mass is 275 g/mol. The molecular formula is C15H21N3S. The first-order valence-electron chi connectivity index (χ1n) is 6.88. The predicted molar refractivity (Wildman–Crippen MR) is 80.5 cm³/mol. The number of hydrogen-bond acceptors (Lipinski definition) is 4. The maximum absolute atomic E-state index is 4.17. The highest BCUT2D eigenvalue weighted by atomic mass is 32.1. The molecule has 0 saturated heterocycles. The van der Waals surface area contributed by atoms with Gasteiger partial charge in [-0.05, 0) is 43.9 Å². The molecule has 1 unspecified atom stereocenters. The first kappa shape index (κ1) is 14.2. The third-order valence-electron chi connectivity index (χ3n) is 3.12. The van der Waals surface area contributed by atoms with Crippen LogP contribution in [0.1, 0.15) is 30.2 Å². The lowest BCUT2D eigenvalue weighted by Gasteiger charge is -2.17. The van der Waals surface area contributed by atoms with Crippen LogP contribution in [0.3, 0.4) is 0 Å². The Hall–Kier alpha value is -1.26. The Kier molecular flexibility index (Phi) is 5.98. The van der Waals surface area contributed by atoms with Crippen LogP contribution in [0.2, 0.25) is 0 Å². The molecule has 0 radical (unpaired) electrons. The number of aryl methyl sites for hydroxylation is 1. The minimum absolute atomic E-state index is 0.528. The Bertz CT molecular complexity index is 442. The number of hydrogen-bond donors (Lipinski definition) is 1. The zero-order valence-electron chi connectivity index (χ0n) is 11.4. The van der Waals surface area contributed by atoms with E-state index in [4.69, 9.17) is 0 Å². The first-order chi connectivity index (χ1) is 9.38. The summed E-state index contributed by atoms with van der Waals surface area (Å²) >= 11 is 1.74. The SMILES string of the molecule is CCCNC(CCc1cccnc1)Cc1cncs1. The molecule has 2 aromatic heterocycles. The van der Waals surface area contributed by atoms with Crippen molar-refractivity contribution in [1.29, 1.82) is 0 Å². The molecule has 0 aliphatic rings. The highest BCUT2D eigenvalue weighted by Gasteiger charge is 2.10. The highest BCUT2D eigenvalue weighted by molar-refractivity contribution is 7.09. The van der Waals surface area contributed by atoms with Crippen molar-refractivity contribution >= 4 is 11.3 Å². The zero-order valence-corrected chi connectivity index (χ0v) is 12.2. The lowest BCUT2D eigenvalue weighted by atomic mass is 10.0. The van der Waals surface area contributed by atoms with Crippen molar-refractivity contribution in [3.63, 3.8) is 0 Å². The van der Waals surface area contributed by atoms with E-state index >= 15 is 0 Å². The molecule has 0 aromatic carbocycles. The summed E-state index contributed by atoms with van der Waals surface area (Å²) in [7, 11) is 0. The molecule has 3 nitrogen and oxygen atoms in total. The van der Waals surface area contributed by atoms with Gasteiger partial charge in [-0.2, -0.15) is 0 Å². The lowest BCUT2D eigenvalue weighted by molar-refractivity contribution is 0.479. The molecule has 0 bridgehead atoms. The van der Waals surface area contributed by atoms with Gasteiger partial charge in [0.05, 0.1) is 5.51 Å². The number of nitrogens with one attached hydrogen (secondary N) is 1. The van der Waals surface area contributed by atoms with E-state index in [2.05, 4.69) is 28.3 Å². The Balaban J connectivity index is 1.86. The molecule has 2 rings (SSSR count). The van der Waals surface area contributed by atoms with Gasteiger partial charge < -0.3 is 5.32 Å². The Labute approximate surface area is 119 Å². The van der Waals surface area contributed by atoms with Gasteiger partial charge in [-0.15, -0.1) is 11.3 Å². The summed E-state index contributed by atoms with van der Waals surface area (Å²) in [5.74, 6) is 0. The molecule has 102 valence electrons. The van der Waals surface area contributed by atoms with E-state index in [1.807, 2.05) is 30.2 Å². The average Bonchev–Trinajstić information content (AvgIpc) is 2.96. The standard InChI is InChI=1S/C15H21N3S/c1-2-7-18-14(9-15-11-17-12-19-15)6-5-13-4-3-8-16-10-13/h3-4,8,10-12,14,18H,2,5-7,9H2,1H3. The summed E-state index contributed by atoms with van der Waals surface area (Å²) in [6.45, 7) is 3.29. The topological polar surface area (TPSA) is 37.8 Å². The number of nitrogens with zero attached hydrogens (tertiary/aromatic N) is 2. The molecule has 4 heteroatoms. The molecule has 0 fully saturated rings. The average molecular weight is 275 g/mol. The van der Waals surface area contributed by atoms with Crippen LogP contribution in [0.25, 0.3) is 0 Å². The highest BCUT2D eigenvalue weighted by Crippen LogP contribution is 2.12. The minimum atomic E-state index is 0.528. The van der Waals surface area contributed by atoms with Gasteiger partial charge in [-0.3, -0.25) is 9.97 Å². The van der Waals surface area contributed by atoms with Gasteiger partial charge in [0.1, 0.15) is 0 Å². The number of aromatic nitrogens is 2. The van der Waals surface area contributed by atoms with Crippen LogP contribution < -0.4 is 5.32 Å². The van der Waals surface area contributed by atoms with Crippen molar-refractivity contribution in [1.82, 2.24) is 15.3 Å². The van der Waals surface area contributed by atoms with Crippen LogP contribution >= 0.6 is 11.3 Å². The summed E-state index contributed by atoms with van der Waals surface area (Å²) in [6, 6.07) is 4.68. The fraction of sp³-hybridized carbons (Fsp3) is 0.467. The van der Waals surface area contributed by atoms with Crippen LogP contribution in [0, 0.1) is 0 Å². The summed E-state index contributed by atoms with van der Waals surface area (Å²) in [5, 5.41) is 3.64. The summed E-state index contributed by atoms with van der Waals surface area (Å²) in [6.07, 6.45) is 10.2. The van der Waals surface area contributed by atoms with Crippen LogP contribution in [0.5, 0.6) is 0 Å². The zero-order chi connectivity index (χ0) is 13.3. The van der Waals surface area contributed by atoms with Gasteiger partial charge in [-0.25, -0.2) is 0 Å². The van der Waals surface area contributed by atoms with Crippen LogP contribution in [0.4, 0.5) is 0 Å². The molecular weight excluding hydrogens is 254 g/mol. The molecule has 0 saturated carbocycles. The van der Waals surface area contributed by atoms with E-state index in [0.717, 1.165) is 25.8 Å². The van der Waals surface area contributed by atoms with Crippen LogP contribution in [-0.2, 0) is 12.8 Å². The quantitative estimate of drug-likeness (QED) is 0.804. The molecule has 1 N–H and O–H groups in total. The van der Waals surface area contributed by atoms with Gasteiger partial charge in [0.15, 0.2) is 0 Å². The molecule has 19 heavy (non-hydrogen) atoms. The van der Waals surface area contributed by atoms with Crippen LogP contribution in [-0.4, -0.2) is 22.6 Å². The third kappa shape index (κ3) is 5.09. The number of rotatable bonds is 8. The van der Waals surface area contributed by atoms with E-state index in [-0.39, 0.29) is 0 Å². The number of thiazole rings is 1. The second-order valence-electron chi connectivity index (χ2n) is 4.72. The van der Waals surface area contributed by atoms with E-state index in [1.54, 1.807) is 11.3 Å². The normalized spacial score (nSPS) is 12.5. The fourth-order valence-electron chi connectivity index (χ4n) is 2.10. The van der Waals surface area contributed by atoms with E-state index in [0.29, 0.717) is 6.04 Å². The smallest absolute Gasteiger partial charge is 0.0794 e. The Morgan fingerprint density at radius 2 is 2.26 bits per heavy atom. The van der Waals surface area contributed by atoms with Crippen molar-refractivity contribution in [3.8, 4) is 0 Å². The molecule has 2 heterocycles. The van der Waals surface area contributed by atoms with E-state index < -0.39 is 0 Å². The molecule has 0 aliphatic heterocycles. The molecule has 0 aliphatic carbocycles. The van der Waals surface area contributed by atoms with Crippen molar-refractivity contribution in [2.24, 2.45) is 0 Å². The summed E-state index contributed by atoms with van der Waals surface area (Å²) < 4.78 is 0. The summed E-state index contributed by atoms with van der Waals surface area (Å²) in [5.41, 5.74) is 3.22. The van der Waals surface area contributed by atoms with E-state index in [1.165, 1.54) is 16.9 Å². The Morgan fingerprint density at radius 1 is 1.32 bits per heavy atom. The third-order valence-corrected chi connectivity index (χ3v) is 3.92. The maximum Gasteiger partial charge on any atom is 0.0794 e. The van der Waals surface area contributed by atoms with Gasteiger partial charge in [-0.1, -0.05) is 13.0 Å². The van der Waals surface area contributed by atoms with Gasteiger partial charge in [0, 0.05) is 29.5 Å². The van der Waals surface area contributed by atoms with Crippen molar-refractivity contribution < 1.29 is 0 Å². The summed E-state index contributed by atoms with van der Waals surface area (Å²) in [4.78, 5) is 9.69. The Morgan fingerprint density at radius 3 is 2.95 bits per heavy atom. The van der Waals surface area contributed by atoms with Crippen molar-refractivity contribution in [3.05, 3.63) is 46.7 Å². The minimum Gasteiger partial charge on any atom is -0.314 e. The lowest BCUT2D eigenvalue weighted by Crippen LogP contribution is -2.32.